The Morgan fingerprint density at radius 2 is 1.87 bits per heavy atom. The highest BCUT2D eigenvalue weighted by molar-refractivity contribution is 7.90. The summed E-state index contributed by atoms with van der Waals surface area (Å²) in [5.74, 6) is -0.740. The molecule has 3 rings (SSSR count). The minimum Gasteiger partial charge on any atom is -0.480 e. The zero-order valence-electron chi connectivity index (χ0n) is 23.6. The summed E-state index contributed by atoms with van der Waals surface area (Å²) in [6, 6.07) is 5.34. The van der Waals surface area contributed by atoms with Crippen molar-refractivity contribution in [3.8, 4) is 0 Å². The van der Waals surface area contributed by atoms with Crippen molar-refractivity contribution in [2.45, 2.75) is 84.0 Å². The van der Waals surface area contributed by atoms with Gasteiger partial charge in [-0.05, 0) is 48.3 Å². The van der Waals surface area contributed by atoms with Crippen molar-refractivity contribution in [2.75, 3.05) is 6.61 Å². The first-order valence-electron chi connectivity index (χ1n) is 13.3. The topological polar surface area (TPSA) is 95.9 Å². The fraction of sp³-hybridized carbons (Fsp3) is 0.552. The predicted molar refractivity (Wildman–Crippen MR) is 158 cm³/mol. The largest absolute Gasteiger partial charge is 0.480 e. The Kier molecular flexibility index (Phi) is 10.3. The minimum absolute atomic E-state index is 0.115. The van der Waals surface area contributed by atoms with Crippen LogP contribution >= 0.6 is 11.6 Å². The van der Waals surface area contributed by atoms with E-state index in [1.165, 1.54) is 0 Å². The molecule has 2 aliphatic rings. The van der Waals surface area contributed by atoms with Gasteiger partial charge in [-0.2, -0.15) is 4.31 Å². The third-order valence-electron chi connectivity index (χ3n) is 7.04. The number of nitrogens with one attached hydrogen (secondary N) is 1. The number of aliphatic carboxylic acids is 1. The molecular formula is C29H40BClN2O5S. The molecule has 2 radical (unpaired) electrons. The fourth-order valence-corrected chi connectivity index (χ4v) is 7.81. The molecule has 1 aliphatic heterocycles. The Bertz CT molecular complexity index is 1220. The van der Waals surface area contributed by atoms with Gasteiger partial charge in [0, 0.05) is 11.1 Å². The summed E-state index contributed by atoms with van der Waals surface area (Å²) in [6.45, 7) is 11.8. The van der Waals surface area contributed by atoms with Gasteiger partial charge < -0.3 is 9.84 Å². The first-order valence-corrected chi connectivity index (χ1v) is 15.2. The SMILES string of the molecule is [B]c1ccc(C2C(CO[C@H](C)N[C@@H](CC(C)C)C(=O)O)=CC(C(C)(C)C)N2S(=O)(=O)C2CC=CC=C2Cl)cc1. The van der Waals surface area contributed by atoms with Gasteiger partial charge in [-0.1, -0.05) is 94.2 Å². The van der Waals surface area contributed by atoms with E-state index in [4.69, 9.17) is 24.2 Å². The van der Waals surface area contributed by atoms with Crippen LogP contribution in [-0.2, 0) is 19.6 Å². The van der Waals surface area contributed by atoms with Crippen molar-refractivity contribution >= 4 is 40.9 Å². The van der Waals surface area contributed by atoms with Gasteiger partial charge in [-0.25, -0.2) is 8.42 Å². The first kappa shape index (κ1) is 31.6. The van der Waals surface area contributed by atoms with Crippen LogP contribution in [-0.4, -0.2) is 61.8 Å². The Morgan fingerprint density at radius 1 is 1.23 bits per heavy atom. The maximum Gasteiger partial charge on any atom is 0.320 e. The number of carboxylic acid groups (broad SMARTS) is 1. The lowest BCUT2D eigenvalue weighted by atomic mass is 9.87. The lowest BCUT2D eigenvalue weighted by Crippen LogP contribution is -2.49. The number of carbonyl (C=O) groups is 1. The Labute approximate surface area is 239 Å². The van der Waals surface area contributed by atoms with E-state index < -0.39 is 51.0 Å². The summed E-state index contributed by atoms with van der Waals surface area (Å²) in [5, 5.41) is 12.1. The average Bonchev–Trinajstić information content (AvgIpc) is 3.24. The number of hydrogen-bond acceptors (Lipinski definition) is 5. The van der Waals surface area contributed by atoms with Crippen LogP contribution in [0.5, 0.6) is 0 Å². The molecule has 5 atom stereocenters. The number of ether oxygens (including phenoxy) is 1. The summed E-state index contributed by atoms with van der Waals surface area (Å²) in [5.41, 5.74) is 1.69. The summed E-state index contributed by atoms with van der Waals surface area (Å²) >= 11 is 6.46. The molecule has 2 N–H and O–H groups in total. The number of benzene rings is 1. The second kappa shape index (κ2) is 12.7. The second-order valence-corrected chi connectivity index (χ2v) is 14.3. The van der Waals surface area contributed by atoms with Crippen LogP contribution in [0.25, 0.3) is 0 Å². The number of allylic oxidation sites excluding steroid dienone is 3. The summed E-state index contributed by atoms with van der Waals surface area (Å²) in [6.07, 6.45) is 7.37. The van der Waals surface area contributed by atoms with Crippen LogP contribution in [0.3, 0.4) is 0 Å². The highest BCUT2D eigenvalue weighted by Gasteiger charge is 2.50. The standard InChI is InChI=1S/C29H40BClN2O5S/c1-18(2)15-24(28(34)35)32-19(3)38-17-21-16-26(29(4,5)6)33(27(21)20-11-13-22(30)14-12-20)39(36,37)25-10-8-7-9-23(25)31/h7-9,11-14,16,18-19,24-27,32H,10,15,17H2,1-6H3,(H,34,35)/t19-,24+,25?,26?,27?/m1/s1. The van der Waals surface area contributed by atoms with Crippen LogP contribution in [0.2, 0.25) is 0 Å². The zero-order valence-corrected chi connectivity index (χ0v) is 25.2. The van der Waals surface area contributed by atoms with Crippen LogP contribution in [0.4, 0.5) is 0 Å². The molecule has 0 spiro atoms. The molecule has 0 saturated heterocycles. The molecule has 3 unspecified atom stereocenters. The summed E-state index contributed by atoms with van der Waals surface area (Å²) < 4.78 is 36.3. The maximum atomic E-state index is 14.3. The highest BCUT2D eigenvalue weighted by atomic mass is 35.5. The molecule has 7 nitrogen and oxygen atoms in total. The van der Waals surface area contributed by atoms with Crippen LogP contribution < -0.4 is 10.8 Å². The van der Waals surface area contributed by atoms with Crippen LogP contribution in [0.15, 0.2) is 59.2 Å². The molecule has 0 saturated carbocycles. The molecule has 1 heterocycles. The fourth-order valence-electron chi connectivity index (χ4n) is 5.05. The summed E-state index contributed by atoms with van der Waals surface area (Å²) in [4.78, 5) is 11.7. The number of halogens is 1. The van der Waals surface area contributed by atoms with Crippen molar-refractivity contribution < 1.29 is 23.1 Å². The molecule has 0 aromatic heterocycles. The number of carboxylic acids is 1. The minimum atomic E-state index is -3.92. The molecule has 0 bridgehead atoms. The lowest BCUT2D eigenvalue weighted by Gasteiger charge is -2.39. The van der Waals surface area contributed by atoms with Gasteiger partial charge in [-0.3, -0.25) is 10.1 Å². The van der Waals surface area contributed by atoms with Gasteiger partial charge in [0.05, 0.1) is 12.6 Å². The molecule has 1 aliphatic carbocycles. The van der Waals surface area contributed by atoms with E-state index in [2.05, 4.69) is 5.32 Å². The molecule has 212 valence electrons. The number of nitrogens with zero attached hydrogens (tertiary/aromatic N) is 1. The van der Waals surface area contributed by atoms with Crippen molar-refractivity contribution in [1.82, 2.24) is 9.62 Å². The average molecular weight is 575 g/mol. The van der Waals surface area contributed by atoms with E-state index in [0.29, 0.717) is 18.3 Å². The third-order valence-corrected chi connectivity index (χ3v) is 9.74. The molecule has 1 aromatic rings. The highest BCUT2D eigenvalue weighted by Crippen LogP contribution is 2.46. The van der Waals surface area contributed by atoms with Gasteiger partial charge in [0.1, 0.15) is 25.4 Å². The molecule has 39 heavy (non-hydrogen) atoms. The van der Waals surface area contributed by atoms with E-state index in [1.807, 2.05) is 58.9 Å². The Morgan fingerprint density at radius 3 is 2.41 bits per heavy atom. The van der Waals surface area contributed by atoms with Crippen molar-refractivity contribution in [3.05, 3.63) is 64.7 Å². The van der Waals surface area contributed by atoms with E-state index in [1.54, 1.807) is 35.5 Å². The van der Waals surface area contributed by atoms with Gasteiger partial charge >= 0.3 is 5.97 Å². The van der Waals surface area contributed by atoms with E-state index in [-0.39, 0.29) is 17.6 Å². The summed E-state index contributed by atoms with van der Waals surface area (Å²) in [7, 11) is 2.04. The smallest absolute Gasteiger partial charge is 0.320 e. The number of hydrogen-bond donors (Lipinski definition) is 2. The number of rotatable bonds is 11. The molecule has 10 heteroatoms. The predicted octanol–water partition coefficient (Wildman–Crippen LogP) is 4.41. The van der Waals surface area contributed by atoms with Gasteiger partial charge in [0.25, 0.3) is 0 Å². The quantitative estimate of drug-likeness (QED) is 0.231. The van der Waals surface area contributed by atoms with Gasteiger partial charge in [-0.15, -0.1) is 0 Å². The molecule has 0 amide bonds. The maximum absolute atomic E-state index is 14.3. The number of sulfonamides is 1. The monoisotopic (exact) mass is 574 g/mol. The van der Waals surface area contributed by atoms with Gasteiger partial charge in [0.15, 0.2) is 0 Å². The molecule has 0 fully saturated rings. The normalized spacial score (nSPS) is 23.9. The van der Waals surface area contributed by atoms with Crippen molar-refractivity contribution in [3.63, 3.8) is 0 Å². The Hall–Kier alpha value is -1.91. The van der Waals surface area contributed by atoms with E-state index in [9.17, 15) is 18.3 Å². The van der Waals surface area contributed by atoms with Crippen molar-refractivity contribution in [2.24, 2.45) is 11.3 Å². The van der Waals surface area contributed by atoms with Gasteiger partial charge in [0.2, 0.25) is 10.0 Å². The molecular weight excluding hydrogens is 535 g/mol. The van der Waals surface area contributed by atoms with Crippen LogP contribution in [0.1, 0.15) is 66.0 Å². The van der Waals surface area contributed by atoms with E-state index in [0.717, 1.165) is 11.1 Å². The molecule has 1 aromatic carbocycles. The second-order valence-electron chi connectivity index (χ2n) is 11.8. The lowest BCUT2D eigenvalue weighted by molar-refractivity contribution is -0.141. The third kappa shape index (κ3) is 7.64. The van der Waals surface area contributed by atoms with E-state index >= 15 is 0 Å². The van der Waals surface area contributed by atoms with Crippen LogP contribution in [0, 0.1) is 11.3 Å². The zero-order chi connectivity index (χ0) is 29.1. The first-order chi connectivity index (χ1) is 18.1. The Balaban J connectivity index is 1.98. The van der Waals surface area contributed by atoms with Crippen molar-refractivity contribution in [1.29, 1.82) is 0 Å².